The lowest BCUT2D eigenvalue weighted by Crippen LogP contribution is -2.59. The molecule has 2 aliphatic carbocycles. The zero-order chi connectivity index (χ0) is 18.7. The van der Waals surface area contributed by atoms with Gasteiger partial charge >= 0.3 is 6.36 Å². The number of hydrogen-bond acceptors (Lipinski definition) is 2. The van der Waals surface area contributed by atoms with Crippen LogP contribution >= 0.6 is 0 Å². The van der Waals surface area contributed by atoms with E-state index in [0.29, 0.717) is 19.4 Å². The molecule has 2 bridgehead atoms. The molecule has 0 N–H and O–H groups in total. The van der Waals surface area contributed by atoms with Crippen LogP contribution in [0, 0.1) is 5.92 Å². The normalized spacial score (nSPS) is 36.2. The summed E-state index contributed by atoms with van der Waals surface area (Å²) in [6, 6.07) is 4.53. The first-order chi connectivity index (χ1) is 12.1. The Morgan fingerprint density at radius 3 is 2.96 bits per heavy atom. The summed E-state index contributed by atoms with van der Waals surface area (Å²) in [5.74, 6) is 0.00529. The molecule has 1 aromatic carbocycles. The standard InChI is InChI=1S/C18H22F3NO/c1-22-9-8-17-7-3-2-4-14(17)16(22)10-12-5-6-13(11-15(12)17)23-18(19,20)21/h5-6,11,14,16H,2-4,7-10H2,1H3/t14?,16-,17-/m0/s1/i1D3. The van der Waals surface area contributed by atoms with Crippen LogP contribution in [0.1, 0.15) is 47.3 Å². The molecule has 5 heteroatoms. The van der Waals surface area contributed by atoms with Gasteiger partial charge in [0.1, 0.15) is 5.75 Å². The molecular weight excluding hydrogens is 303 g/mol. The first-order valence-corrected chi connectivity index (χ1v) is 8.26. The summed E-state index contributed by atoms with van der Waals surface area (Å²) in [5.41, 5.74) is 1.70. The van der Waals surface area contributed by atoms with Gasteiger partial charge in [-0.3, -0.25) is 0 Å². The molecule has 0 aromatic heterocycles. The number of alkyl halides is 3. The average Bonchev–Trinajstić information content (AvgIpc) is 2.53. The molecule has 0 spiro atoms. The minimum absolute atomic E-state index is 0.0709. The van der Waals surface area contributed by atoms with Gasteiger partial charge in [-0.25, -0.2) is 0 Å². The number of halogens is 3. The highest BCUT2D eigenvalue weighted by molar-refractivity contribution is 5.45. The van der Waals surface area contributed by atoms with Gasteiger partial charge in [0.2, 0.25) is 0 Å². The number of benzene rings is 1. The molecule has 3 aliphatic rings. The third-order valence-electron chi connectivity index (χ3n) is 6.04. The number of fused-ring (bicyclic) bond motifs is 1. The highest BCUT2D eigenvalue weighted by atomic mass is 19.4. The van der Waals surface area contributed by atoms with Gasteiger partial charge < -0.3 is 9.64 Å². The first kappa shape index (κ1) is 12.2. The van der Waals surface area contributed by atoms with Gasteiger partial charge in [-0.1, -0.05) is 18.9 Å². The van der Waals surface area contributed by atoms with Crippen LogP contribution in [0.15, 0.2) is 18.2 Å². The molecule has 1 aromatic rings. The molecule has 3 atom stereocenters. The van der Waals surface area contributed by atoms with Crippen LogP contribution in [0.5, 0.6) is 5.75 Å². The van der Waals surface area contributed by atoms with Gasteiger partial charge in [-0.15, -0.1) is 13.2 Å². The zero-order valence-electron chi connectivity index (χ0n) is 15.8. The van der Waals surface area contributed by atoms with E-state index < -0.39 is 13.3 Å². The van der Waals surface area contributed by atoms with Crippen molar-refractivity contribution in [2.45, 2.75) is 56.3 Å². The quantitative estimate of drug-likeness (QED) is 0.763. The zero-order valence-corrected chi connectivity index (χ0v) is 12.8. The van der Waals surface area contributed by atoms with Crippen LogP contribution in [0.4, 0.5) is 13.2 Å². The summed E-state index contributed by atoms with van der Waals surface area (Å²) >= 11 is 0. The van der Waals surface area contributed by atoms with E-state index in [0.717, 1.165) is 36.8 Å². The number of rotatable bonds is 1. The predicted octanol–water partition coefficient (Wildman–Crippen LogP) is 4.27. The molecule has 1 unspecified atom stereocenters. The molecular formula is C18H22F3NO. The van der Waals surface area contributed by atoms with Crippen LogP contribution in [0.25, 0.3) is 0 Å². The molecule has 1 saturated heterocycles. The van der Waals surface area contributed by atoms with Gasteiger partial charge in [-0.05, 0) is 68.4 Å². The molecule has 1 aliphatic heterocycles. The van der Waals surface area contributed by atoms with Crippen LogP contribution in [-0.2, 0) is 11.8 Å². The van der Waals surface area contributed by atoms with Crippen molar-refractivity contribution in [2.24, 2.45) is 5.92 Å². The molecule has 1 saturated carbocycles. The fourth-order valence-corrected chi connectivity index (χ4v) is 5.18. The number of likely N-dealkylation sites (N-methyl/N-ethyl adjacent to an activating group) is 1. The van der Waals surface area contributed by atoms with Gasteiger partial charge in [0.15, 0.2) is 0 Å². The minimum atomic E-state index is -4.71. The van der Waals surface area contributed by atoms with Crippen molar-refractivity contribution in [3.05, 3.63) is 29.3 Å². The second kappa shape index (κ2) is 5.13. The summed E-state index contributed by atoms with van der Waals surface area (Å²) in [6.07, 6.45) is 0.459. The topological polar surface area (TPSA) is 12.5 Å². The Morgan fingerprint density at radius 1 is 1.30 bits per heavy atom. The van der Waals surface area contributed by atoms with Crippen molar-refractivity contribution in [1.29, 1.82) is 0 Å². The Bertz CT molecular complexity index is 706. The Morgan fingerprint density at radius 2 is 2.17 bits per heavy atom. The van der Waals surface area contributed by atoms with Crippen molar-refractivity contribution in [3.63, 3.8) is 0 Å². The highest BCUT2D eigenvalue weighted by Gasteiger charge is 2.53. The molecule has 1 heterocycles. The van der Waals surface area contributed by atoms with Crippen LogP contribution < -0.4 is 4.74 Å². The maximum Gasteiger partial charge on any atom is 0.573 e. The second-order valence-electron chi connectivity index (χ2n) is 7.09. The maximum atomic E-state index is 12.6. The summed E-state index contributed by atoms with van der Waals surface area (Å²) in [5, 5.41) is 0. The van der Waals surface area contributed by atoms with Crippen molar-refractivity contribution < 1.29 is 22.0 Å². The Kier molecular flexibility index (Phi) is 2.72. The number of likely N-dealkylation sites (tertiary alicyclic amines) is 1. The highest BCUT2D eigenvalue weighted by Crippen LogP contribution is 2.56. The van der Waals surface area contributed by atoms with Crippen molar-refractivity contribution >= 4 is 0 Å². The maximum absolute atomic E-state index is 12.6. The van der Waals surface area contributed by atoms with Crippen molar-refractivity contribution in [3.8, 4) is 5.75 Å². The number of piperidine rings is 1. The smallest absolute Gasteiger partial charge is 0.406 e. The minimum Gasteiger partial charge on any atom is -0.406 e. The largest absolute Gasteiger partial charge is 0.573 e. The molecule has 23 heavy (non-hydrogen) atoms. The van der Waals surface area contributed by atoms with E-state index in [2.05, 4.69) is 4.74 Å². The predicted molar refractivity (Wildman–Crippen MR) is 81.5 cm³/mol. The number of ether oxygens (including phenoxy) is 1. The molecule has 4 rings (SSSR count). The third kappa shape index (κ3) is 2.44. The SMILES string of the molecule is [2H]C([2H])([2H])N1CC[C@@]23CCCCC2[C@@H]1Cc1ccc(OC(F)(F)F)cc13. The van der Waals surface area contributed by atoms with E-state index in [1.165, 1.54) is 6.07 Å². The molecule has 2 fully saturated rings. The number of nitrogens with zero attached hydrogens (tertiary/aromatic N) is 1. The lowest BCUT2D eigenvalue weighted by atomic mass is 9.52. The summed E-state index contributed by atoms with van der Waals surface area (Å²) in [7, 11) is 0. The summed E-state index contributed by atoms with van der Waals surface area (Å²) < 4.78 is 65.8. The molecule has 0 radical (unpaired) electrons. The third-order valence-corrected chi connectivity index (χ3v) is 6.04. The van der Waals surface area contributed by atoms with Crippen molar-refractivity contribution in [1.82, 2.24) is 4.90 Å². The summed E-state index contributed by atoms with van der Waals surface area (Å²) in [6.45, 7) is -1.67. The fraction of sp³-hybridized carbons (Fsp3) is 0.667. The first-order valence-electron chi connectivity index (χ1n) is 9.76. The Hall–Kier alpha value is -1.23. The van der Waals surface area contributed by atoms with E-state index in [1.54, 1.807) is 17.0 Å². The van der Waals surface area contributed by atoms with Gasteiger partial charge in [-0.2, -0.15) is 0 Å². The molecule has 126 valence electrons. The van der Waals surface area contributed by atoms with E-state index in [9.17, 15) is 13.2 Å². The summed E-state index contributed by atoms with van der Waals surface area (Å²) in [4.78, 5) is 1.64. The number of hydrogen-bond donors (Lipinski definition) is 0. The molecule has 0 amide bonds. The van der Waals surface area contributed by atoms with Crippen molar-refractivity contribution in [2.75, 3.05) is 13.5 Å². The Balaban J connectivity index is 1.78. The molecule has 2 nitrogen and oxygen atoms in total. The monoisotopic (exact) mass is 328 g/mol. The fourth-order valence-electron chi connectivity index (χ4n) is 5.18. The van der Waals surface area contributed by atoms with Crippen LogP contribution in [0.3, 0.4) is 0 Å². The average molecular weight is 328 g/mol. The van der Waals surface area contributed by atoms with Crippen LogP contribution in [-0.4, -0.2) is 30.8 Å². The van der Waals surface area contributed by atoms with E-state index in [1.807, 2.05) is 0 Å². The Labute approximate surface area is 138 Å². The second-order valence-corrected chi connectivity index (χ2v) is 7.09. The lowest BCUT2D eigenvalue weighted by Gasteiger charge is -2.58. The van der Waals surface area contributed by atoms with Gasteiger partial charge in [0, 0.05) is 15.6 Å². The van der Waals surface area contributed by atoms with E-state index in [-0.39, 0.29) is 23.1 Å². The van der Waals surface area contributed by atoms with Gasteiger partial charge in [0.25, 0.3) is 0 Å². The van der Waals surface area contributed by atoms with E-state index >= 15 is 0 Å². The lowest BCUT2D eigenvalue weighted by molar-refractivity contribution is -0.274. The van der Waals surface area contributed by atoms with Crippen LogP contribution in [0.2, 0.25) is 0 Å². The van der Waals surface area contributed by atoms with Gasteiger partial charge in [0.05, 0.1) is 0 Å². The van der Waals surface area contributed by atoms with E-state index in [4.69, 9.17) is 4.11 Å².